The quantitative estimate of drug-likeness (QED) is 0.917. The Morgan fingerprint density at radius 3 is 2.80 bits per heavy atom. The van der Waals surface area contributed by atoms with E-state index in [9.17, 15) is 4.79 Å². The fourth-order valence-corrected chi connectivity index (χ4v) is 1.56. The van der Waals surface area contributed by atoms with Gasteiger partial charge in [-0.3, -0.25) is 0 Å². The van der Waals surface area contributed by atoms with Crippen LogP contribution in [-0.4, -0.2) is 23.2 Å². The summed E-state index contributed by atoms with van der Waals surface area (Å²) in [5, 5.41) is 18.1. The molecule has 1 aromatic carbocycles. The monoisotopic (exact) mass is 270 g/mol. The molecule has 0 saturated carbocycles. The number of hydrogen-bond acceptors (Lipinski definition) is 5. The Balaban J connectivity index is 2.44. The molecule has 6 nitrogen and oxygen atoms in total. The summed E-state index contributed by atoms with van der Waals surface area (Å²) in [4.78, 5) is 14.8. The van der Waals surface area contributed by atoms with Crippen LogP contribution in [0, 0.1) is 11.3 Å². The summed E-state index contributed by atoms with van der Waals surface area (Å²) in [6.45, 7) is 0. The van der Waals surface area contributed by atoms with Crippen LogP contribution in [0.25, 0.3) is 0 Å². The predicted octanol–water partition coefficient (Wildman–Crippen LogP) is 2.45. The summed E-state index contributed by atoms with van der Waals surface area (Å²) in [6, 6.07) is 9.65. The molecule has 2 rings (SSSR count). The third kappa shape index (κ3) is 2.67. The number of benzene rings is 1. The lowest BCUT2D eigenvalue weighted by molar-refractivity contribution is 0.0687. The number of carboxylic acids is 1. The minimum atomic E-state index is -1.21. The molecule has 1 heterocycles. The lowest BCUT2D eigenvalue weighted by Gasteiger charge is -2.10. The minimum Gasteiger partial charge on any atom is -0.497 e. The Kier molecular flexibility index (Phi) is 3.82. The van der Waals surface area contributed by atoms with E-state index in [1.807, 2.05) is 6.07 Å². The molecule has 0 amide bonds. The molecule has 0 unspecified atom stereocenters. The molecule has 1 aromatic heterocycles. The van der Waals surface area contributed by atoms with E-state index in [-0.39, 0.29) is 22.8 Å². The van der Waals surface area contributed by atoms with Gasteiger partial charge in [0.2, 0.25) is 0 Å². The molecule has 6 heteroatoms. The second kappa shape index (κ2) is 5.71. The topological polar surface area (TPSA) is 92.4 Å². The molecule has 1 N–H and O–H groups in total. The van der Waals surface area contributed by atoms with E-state index < -0.39 is 5.97 Å². The van der Waals surface area contributed by atoms with Crippen LogP contribution in [0.3, 0.4) is 0 Å². The van der Waals surface area contributed by atoms with Crippen LogP contribution in [0.4, 0.5) is 0 Å². The van der Waals surface area contributed by atoms with Crippen LogP contribution < -0.4 is 9.47 Å². The molecular weight excluding hydrogens is 260 g/mol. The summed E-state index contributed by atoms with van der Waals surface area (Å²) in [5.41, 5.74) is 0.0465. The van der Waals surface area contributed by atoms with Crippen molar-refractivity contribution in [3.63, 3.8) is 0 Å². The van der Waals surface area contributed by atoms with Gasteiger partial charge in [0, 0.05) is 12.3 Å². The Labute approximate surface area is 114 Å². The van der Waals surface area contributed by atoms with Gasteiger partial charge < -0.3 is 14.6 Å². The highest BCUT2D eigenvalue weighted by molar-refractivity contribution is 5.88. The molecule has 20 heavy (non-hydrogen) atoms. The first-order valence-electron chi connectivity index (χ1n) is 5.60. The lowest BCUT2D eigenvalue weighted by Crippen LogP contribution is -2.03. The number of methoxy groups -OCH3 is 1. The summed E-state index contributed by atoms with van der Waals surface area (Å²) < 4.78 is 10.5. The van der Waals surface area contributed by atoms with Crippen molar-refractivity contribution in [3.8, 4) is 23.3 Å². The van der Waals surface area contributed by atoms with Gasteiger partial charge in [-0.2, -0.15) is 5.26 Å². The number of rotatable bonds is 4. The molecule has 0 aliphatic rings. The van der Waals surface area contributed by atoms with Crippen molar-refractivity contribution in [2.45, 2.75) is 0 Å². The molecule has 0 spiro atoms. The Hall–Kier alpha value is -3.07. The highest BCUT2D eigenvalue weighted by Crippen LogP contribution is 2.30. The molecule has 0 fully saturated rings. The fourth-order valence-electron chi connectivity index (χ4n) is 1.56. The molecule has 0 radical (unpaired) electrons. The van der Waals surface area contributed by atoms with Crippen molar-refractivity contribution >= 4 is 5.97 Å². The van der Waals surface area contributed by atoms with Gasteiger partial charge in [-0.1, -0.05) is 0 Å². The minimum absolute atomic E-state index is 0.0600. The number of aromatic carboxylic acids is 1. The molecule has 0 saturated heterocycles. The van der Waals surface area contributed by atoms with E-state index in [4.69, 9.17) is 19.8 Å². The molecule has 0 bridgehead atoms. The molecule has 0 aliphatic heterocycles. The van der Waals surface area contributed by atoms with Gasteiger partial charge in [-0.15, -0.1) is 0 Å². The van der Waals surface area contributed by atoms with Crippen LogP contribution >= 0.6 is 0 Å². The van der Waals surface area contributed by atoms with Gasteiger partial charge in [-0.25, -0.2) is 9.78 Å². The summed E-state index contributed by atoms with van der Waals surface area (Å²) in [7, 11) is 1.48. The molecule has 0 aliphatic carbocycles. The summed E-state index contributed by atoms with van der Waals surface area (Å²) in [6.07, 6.45) is 1.35. The average molecular weight is 270 g/mol. The van der Waals surface area contributed by atoms with E-state index in [0.717, 1.165) is 0 Å². The highest BCUT2D eigenvalue weighted by Gasteiger charge is 2.15. The SMILES string of the molecule is COc1ccc(C#N)c(Oc2cccnc2C(=O)O)c1. The number of pyridine rings is 1. The zero-order valence-electron chi connectivity index (χ0n) is 10.5. The number of nitriles is 1. The van der Waals surface area contributed by atoms with Gasteiger partial charge in [0.1, 0.15) is 17.6 Å². The fraction of sp³-hybridized carbons (Fsp3) is 0.0714. The maximum Gasteiger partial charge on any atom is 0.358 e. The van der Waals surface area contributed by atoms with Gasteiger partial charge in [0.05, 0.1) is 12.7 Å². The standard InChI is InChI=1S/C14H10N2O4/c1-19-10-5-4-9(8-15)12(7-10)20-11-3-2-6-16-13(11)14(17)18/h2-7H,1H3,(H,17,18). The summed E-state index contributed by atoms with van der Waals surface area (Å²) in [5.74, 6) is -0.436. The number of aromatic nitrogens is 1. The molecular formula is C14H10N2O4. The third-order valence-corrected chi connectivity index (χ3v) is 2.50. The average Bonchev–Trinajstić information content (AvgIpc) is 2.47. The van der Waals surface area contributed by atoms with E-state index in [0.29, 0.717) is 5.75 Å². The van der Waals surface area contributed by atoms with Crippen LogP contribution in [-0.2, 0) is 0 Å². The van der Waals surface area contributed by atoms with Crippen molar-refractivity contribution < 1.29 is 19.4 Å². The zero-order valence-corrected chi connectivity index (χ0v) is 10.5. The van der Waals surface area contributed by atoms with E-state index >= 15 is 0 Å². The maximum absolute atomic E-state index is 11.1. The smallest absolute Gasteiger partial charge is 0.358 e. The largest absolute Gasteiger partial charge is 0.497 e. The first-order valence-corrected chi connectivity index (χ1v) is 5.60. The van der Waals surface area contributed by atoms with E-state index in [1.54, 1.807) is 12.1 Å². The molecule has 2 aromatic rings. The second-order valence-electron chi connectivity index (χ2n) is 3.73. The Morgan fingerprint density at radius 2 is 2.15 bits per heavy atom. The van der Waals surface area contributed by atoms with E-state index in [2.05, 4.69) is 4.98 Å². The predicted molar refractivity (Wildman–Crippen MR) is 69.0 cm³/mol. The lowest BCUT2D eigenvalue weighted by atomic mass is 10.2. The number of carboxylic acid groups (broad SMARTS) is 1. The van der Waals surface area contributed by atoms with Gasteiger partial charge >= 0.3 is 5.97 Å². The van der Waals surface area contributed by atoms with Crippen LogP contribution in [0.15, 0.2) is 36.5 Å². The van der Waals surface area contributed by atoms with Crippen LogP contribution in [0.2, 0.25) is 0 Å². The van der Waals surface area contributed by atoms with Gasteiger partial charge in [0.15, 0.2) is 11.4 Å². The van der Waals surface area contributed by atoms with Crippen molar-refractivity contribution in [1.82, 2.24) is 4.98 Å². The summed E-state index contributed by atoms with van der Waals surface area (Å²) >= 11 is 0. The Bertz CT molecular complexity index is 692. The van der Waals surface area contributed by atoms with Gasteiger partial charge in [0.25, 0.3) is 0 Å². The molecule has 0 atom stereocenters. The van der Waals surface area contributed by atoms with Gasteiger partial charge in [-0.05, 0) is 24.3 Å². The first-order chi connectivity index (χ1) is 9.65. The normalized spacial score (nSPS) is 9.60. The zero-order chi connectivity index (χ0) is 14.5. The third-order valence-electron chi connectivity index (χ3n) is 2.50. The van der Waals surface area contributed by atoms with Crippen LogP contribution in [0.1, 0.15) is 16.1 Å². The Morgan fingerprint density at radius 1 is 1.35 bits per heavy atom. The van der Waals surface area contributed by atoms with Crippen LogP contribution in [0.5, 0.6) is 17.2 Å². The number of hydrogen-bond donors (Lipinski definition) is 1. The number of ether oxygens (including phenoxy) is 2. The van der Waals surface area contributed by atoms with E-state index in [1.165, 1.54) is 31.5 Å². The first kappa shape index (κ1) is 13.4. The molecule has 100 valence electrons. The highest BCUT2D eigenvalue weighted by atomic mass is 16.5. The van der Waals surface area contributed by atoms with Crippen molar-refractivity contribution in [2.24, 2.45) is 0 Å². The second-order valence-corrected chi connectivity index (χ2v) is 3.73. The number of carbonyl (C=O) groups is 1. The maximum atomic E-state index is 11.1. The van der Waals surface area contributed by atoms with Crippen molar-refractivity contribution in [3.05, 3.63) is 47.8 Å². The van der Waals surface area contributed by atoms with Crippen molar-refractivity contribution in [2.75, 3.05) is 7.11 Å². The number of nitrogens with zero attached hydrogens (tertiary/aromatic N) is 2. The van der Waals surface area contributed by atoms with Crippen molar-refractivity contribution in [1.29, 1.82) is 5.26 Å².